The lowest BCUT2D eigenvalue weighted by atomic mass is 9.83. The lowest BCUT2D eigenvalue weighted by molar-refractivity contribution is -0.130. The molecule has 1 aliphatic carbocycles. The molecule has 2 aliphatic rings. The molecule has 3 amide bonds. The minimum atomic E-state index is -1.26. The van der Waals surface area contributed by atoms with Gasteiger partial charge in [-0.15, -0.1) is 5.01 Å². The lowest BCUT2D eigenvalue weighted by Gasteiger charge is -2.27. The molecule has 0 aromatic heterocycles. The highest BCUT2D eigenvalue weighted by molar-refractivity contribution is 6.09. The third kappa shape index (κ3) is 3.05. The molecule has 0 saturated carbocycles. The van der Waals surface area contributed by atoms with Gasteiger partial charge in [0.15, 0.2) is 5.54 Å². The molecule has 0 radical (unpaired) electrons. The van der Waals surface area contributed by atoms with Crippen molar-refractivity contribution in [1.29, 1.82) is 0 Å². The Labute approximate surface area is 158 Å². The molecule has 0 unspecified atom stereocenters. The minimum Gasteiger partial charge on any atom is -0.314 e. The maximum atomic E-state index is 13.4. The lowest BCUT2D eigenvalue weighted by Crippen LogP contribution is -2.44. The van der Waals surface area contributed by atoms with Gasteiger partial charge >= 0.3 is 6.03 Å². The number of carbonyl (C=O) groups is 2. The van der Waals surface area contributed by atoms with Crippen LogP contribution in [0.3, 0.4) is 0 Å². The Bertz CT molecular complexity index is 851. The largest absolute Gasteiger partial charge is 0.346 e. The molecule has 1 atom stereocenters. The average molecular weight is 359 g/mol. The second-order valence-electron chi connectivity index (χ2n) is 6.84. The third-order valence-electron chi connectivity index (χ3n) is 5.12. The molecule has 1 heterocycles. The van der Waals surface area contributed by atoms with Gasteiger partial charge in [-0.1, -0.05) is 72.8 Å². The number of carbonyl (C=O) groups excluding carboxylic acids is 2. The van der Waals surface area contributed by atoms with Gasteiger partial charge < -0.3 is 5.32 Å². The minimum absolute atomic E-state index is 0.249. The molecule has 0 spiro atoms. The number of hydrazone groups is 1. The molecule has 5 nitrogen and oxygen atoms in total. The van der Waals surface area contributed by atoms with Crippen LogP contribution in [-0.2, 0) is 10.3 Å². The van der Waals surface area contributed by atoms with E-state index in [2.05, 4.69) is 22.6 Å². The van der Waals surface area contributed by atoms with E-state index in [4.69, 9.17) is 0 Å². The summed E-state index contributed by atoms with van der Waals surface area (Å²) in [5.41, 5.74) is 0.171. The van der Waals surface area contributed by atoms with Crippen LogP contribution in [0, 0.1) is 5.92 Å². The van der Waals surface area contributed by atoms with Crippen LogP contribution in [0.2, 0.25) is 0 Å². The van der Waals surface area contributed by atoms with E-state index in [1.54, 1.807) is 6.21 Å². The Morgan fingerprint density at radius 1 is 0.963 bits per heavy atom. The molecule has 5 heteroatoms. The molecule has 1 aliphatic heterocycles. The monoisotopic (exact) mass is 359 g/mol. The fourth-order valence-corrected chi connectivity index (χ4v) is 3.67. The van der Waals surface area contributed by atoms with Crippen molar-refractivity contribution in [3.63, 3.8) is 0 Å². The topological polar surface area (TPSA) is 61.8 Å². The Morgan fingerprint density at radius 2 is 1.59 bits per heavy atom. The fourth-order valence-electron chi connectivity index (χ4n) is 3.67. The van der Waals surface area contributed by atoms with Gasteiger partial charge in [0.25, 0.3) is 5.91 Å². The van der Waals surface area contributed by atoms with Gasteiger partial charge in [0.05, 0.1) is 0 Å². The number of amides is 3. The first kappa shape index (κ1) is 17.2. The quantitative estimate of drug-likeness (QED) is 0.512. The highest BCUT2D eigenvalue weighted by Crippen LogP contribution is 2.36. The summed E-state index contributed by atoms with van der Waals surface area (Å²) in [7, 11) is 0. The Balaban J connectivity index is 1.73. The second kappa shape index (κ2) is 7.19. The maximum Gasteiger partial charge on any atom is 0.346 e. The standard InChI is InChI=1S/C22H21N3O2/c26-20-22(18-12-6-2-7-13-18,19-14-8-3-9-15-19)24-21(27)25(20)23-16-17-10-4-1-5-11-17/h1-4,6-9,12-17H,5,10-11H2,(H,24,27)/b23-16-/t17-/m0/s1. The second-order valence-corrected chi connectivity index (χ2v) is 6.84. The predicted molar refractivity (Wildman–Crippen MR) is 104 cm³/mol. The summed E-state index contributed by atoms with van der Waals surface area (Å²) < 4.78 is 0. The summed E-state index contributed by atoms with van der Waals surface area (Å²) in [5.74, 6) is -0.133. The van der Waals surface area contributed by atoms with E-state index < -0.39 is 11.6 Å². The Kier molecular flexibility index (Phi) is 4.59. The van der Waals surface area contributed by atoms with Gasteiger partial charge in [-0.25, -0.2) is 4.79 Å². The number of hydrogen-bond acceptors (Lipinski definition) is 3. The molecule has 1 N–H and O–H groups in total. The normalized spacial score (nSPS) is 21.6. The number of rotatable bonds is 4. The first-order valence-electron chi connectivity index (χ1n) is 9.18. The van der Waals surface area contributed by atoms with Crippen molar-refractivity contribution in [3.05, 3.63) is 83.9 Å². The van der Waals surface area contributed by atoms with Crippen LogP contribution in [0.1, 0.15) is 30.4 Å². The van der Waals surface area contributed by atoms with Crippen molar-refractivity contribution < 1.29 is 9.59 Å². The van der Waals surface area contributed by atoms with Crippen molar-refractivity contribution in [2.24, 2.45) is 11.0 Å². The van der Waals surface area contributed by atoms with Crippen molar-refractivity contribution in [2.75, 3.05) is 0 Å². The van der Waals surface area contributed by atoms with Gasteiger partial charge in [0.1, 0.15) is 0 Å². The smallest absolute Gasteiger partial charge is 0.314 e. The fraction of sp³-hybridized carbons (Fsp3) is 0.227. The molecule has 27 heavy (non-hydrogen) atoms. The van der Waals surface area contributed by atoms with E-state index in [-0.39, 0.29) is 11.8 Å². The van der Waals surface area contributed by atoms with E-state index in [1.165, 1.54) is 0 Å². The maximum absolute atomic E-state index is 13.4. The van der Waals surface area contributed by atoms with Crippen molar-refractivity contribution in [1.82, 2.24) is 10.3 Å². The van der Waals surface area contributed by atoms with Gasteiger partial charge in [0.2, 0.25) is 0 Å². The highest BCUT2D eigenvalue weighted by Gasteiger charge is 2.54. The van der Waals surface area contributed by atoms with E-state index in [0.29, 0.717) is 11.1 Å². The molecule has 2 aromatic carbocycles. The Morgan fingerprint density at radius 3 is 2.15 bits per heavy atom. The molecular weight excluding hydrogens is 338 g/mol. The molecule has 2 aromatic rings. The zero-order valence-electron chi connectivity index (χ0n) is 14.9. The predicted octanol–water partition coefficient (Wildman–Crippen LogP) is 3.82. The molecule has 0 bridgehead atoms. The van der Waals surface area contributed by atoms with E-state index in [0.717, 1.165) is 24.3 Å². The summed E-state index contributed by atoms with van der Waals surface area (Å²) in [5, 5.41) is 8.14. The summed E-state index contributed by atoms with van der Waals surface area (Å²) in [6.07, 6.45) is 8.85. The van der Waals surface area contributed by atoms with Crippen LogP contribution >= 0.6 is 0 Å². The van der Waals surface area contributed by atoms with E-state index in [1.807, 2.05) is 60.7 Å². The molecular formula is C22H21N3O2. The zero-order valence-corrected chi connectivity index (χ0v) is 14.9. The summed E-state index contributed by atoms with van der Waals surface area (Å²) in [4.78, 5) is 26.1. The van der Waals surface area contributed by atoms with Gasteiger partial charge in [-0.05, 0) is 36.3 Å². The third-order valence-corrected chi connectivity index (χ3v) is 5.12. The number of urea groups is 1. The number of imide groups is 1. The summed E-state index contributed by atoms with van der Waals surface area (Å²) in [6.45, 7) is 0. The number of nitrogens with one attached hydrogen (secondary N) is 1. The van der Waals surface area contributed by atoms with Crippen LogP contribution in [-0.4, -0.2) is 23.2 Å². The van der Waals surface area contributed by atoms with Gasteiger partial charge in [-0.3, -0.25) is 4.79 Å². The van der Waals surface area contributed by atoms with E-state index in [9.17, 15) is 9.59 Å². The summed E-state index contributed by atoms with van der Waals surface area (Å²) >= 11 is 0. The van der Waals surface area contributed by atoms with Crippen LogP contribution in [0.15, 0.2) is 77.9 Å². The molecule has 4 rings (SSSR count). The highest BCUT2D eigenvalue weighted by atomic mass is 16.2. The van der Waals surface area contributed by atoms with Crippen molar-refractivity contribution in [2.45, 2.75) is 24.8 Å². The Hall–Kier alpha value is -3.21. The number of benzene rings is 2. The van der Waals surface area contributed by atoms with Crippen molar-refractivity contribution >= 4 is 18.2 Å². The first-order chi connectivity index (χ1) is 13.2. The average Bonchev–Trinajstić information content (AvgIpc) is 2.99. The summed E-state index contributed by atoms with van der Waals surface area (Å²) in [6, 6.07) is 18.1. The van der Waals surface area contributed by atoms with Gasteiger partial charge in [-0.2, -0.15) is 5.10 Å². The number of allylic oxidation sites excluding steroid dienone is 2. The molecule has 136 valence electrons. The zero-order chi connectivity index (χ0) is 18.7. The van der Waals surface area contributed by atoms with Crippen LogP contribution in [0.25, 0.3) is 0 Å². The first-order valence-corrected chi connectivity index (χ1v) is 9.18. The van der Waals surface area contributed by atoms with Crippen molar-refractivity contribution in [3.8, 4) is 0 Å². The van der Waals surface area contributed by atoms with Gasteiger partial charge in [0, 0.05) is 6.21 Å². The van der Waals surface area contributed by atoms with E-state index >= 15 is 0 Å². The van der Waals surface area contributed by atoms with Crippen LogP contribution in [0.4, 0.5) is 4.79 Å². The van der Waals surface area contributed by atoms with Crippen LogP contribution < -0.4 is 5.32 Å². The number of hydrogen-bond donors (Lipinski definition) is 1. The molecule has 1 fully saturated rings. The number of nitrogens with zero attached hydrogens (tertiary/aromatic N) is 2. The SMILES string of the molecule is O=C1NC(c2ccccc2)(c2ccccc2)C(=O)N1/N=C\[C@H]1CC=CCC1. The molecule has 1 saturated heterocycles. The van der Waals surface area contributed by atoms with Crippen LogP contribution in [0.5, 0.6) is 0 Å².